The summed E-state index contributed by atoms with van der Waals surface area (Å²) in [5, 5.41) is 0. The number of hydrogen-bond acceptors (Lipinski definition) is 3. The summed E-state index contributed by atoms with van der Waals surface area (Å²) in [4.78, 5) is 21.6. The Balaban J connectivity index is 1.76. The van der Waals surface area contributed by atoms with Gasteiger partial charge in [-0.15, -0.1) is 0 Å². The molecule has 112 valence electrons. The maximum Gasteiger partial charge on any atom is 0.275 e. The van der Waals surface area contributed by atoms with E-state index in [0.29, 0.717) is 17.4 Å². The fraction of sp³-hybridized carbons (Fsp3) is 0.500. The Hall–Kier alpha value is -1.88. The lowest BCUT2D eigenvalue weighted by molar-refractivity contribution is -0.0155. The molecule has 5 nitrogen and oxygen atoms in total. The molecule has 1 aliphatic rings. The molecule has 0 bridgehead atoms. The molecule has 2 atom stereocenters. The minimum atomic E-state index is -0.124. The minimum absolute atomic E-state index is 0.110. The fourth-order valence-corrected chi connectivity index (χ4v) is 2.74. The molecular weight excluding hydrogens is 266 g/mol. The van der Waals surface area contributed by atoms with Crippen LogP contribution in [0.5, 0.6) is 0 Å². The lowest BCUT2D eigenvalue weighted by atomic mass is 9.97. The highest BCUT2D eigenvalue weighted by Crippen LogP contribution is 2.35. The summed E-state index contributed by atoms with van der Waals surface area (Å²) in [6.45, 7) is 6.93. The molecule has 2 heterocycles. The molecule has 2 aromatic rings. The van der Waals surface area contributed by atoms with E-state index in [9.17, 15) is 4.79 Å². The van der Waals surface area contributed by atoms with E-state index in [1.54, 1.807) is 0 Å². The Kier molecular flexibility index (Phi) is 3.45. The normalized spacial score (nSPS) is 22.2. The van der Waals surface area contributed by atoms with E-state index in [4.69, 9.17) is 4.74 Å². The summed E-state index contributed by atoms with van der Waals surface area (Å²) in [7, 11) is 0. The molecular formula is C16H21N3O2. The van der Waals surface area contributed by atoms with Crippen molar-refractivity contribution in [3.05, 3.63) is 40.6 Å². The van der Waals surface area contributed by atoms with Gasteiger partial charge >= 0.3 is 0 Å². The largest absolute Gasteiger partial charge is 0.375 e. The number of ether oxygens (including phenoxy) is 1. The van der Waals surface area contributed by atoms with Crippen LogP contribution in [-0.4, -0.2) is 27.2 Å². The first-order valence-electron chi connectivity index (χ1n) is 7.31. The quantitative estimate of drug-likeness (QED) is 0.853. The van der Waals surface area contributed by atoms with Crippen molar-refractivity contribution in [3.8, 4) is 0 Å². The maximum absolute atomic E-state index is 11.7. The molecule has 0 aliphatic heterocycles. The average molecular weight is 287 g/mol. The van der Waals surface area contributed by atoms with Crippen molar-refractivity contribution in [2.75, 3.05) is 6.61 Å². The second-order valence-electron chi connectivity index (χ2n) is 6.61. The number of nitrogens with one attached hydrogen (secondary N) is 2. The van der Waals surface area contributed by atoms with Crippen molar-refractivity contribution in [1.29, 1.82) is 0 Å². The van der Waals surface area contributed by atoms with Crippen LogP contribution in [0.1, 0.15) is 38.7 Å². The van der Waals surface area contributed by atoms with E-state index < -0.39 is 0 Å². The zero-order chi connectivity index (χ0) is 15.0. The van der Waals surface area contributed by atoms with Gasteiger partial charge < -0.3 is 14.7 Å². The summed E-state index contributed by atoms with van der Waals surface area (Å²) in [5.74, 6) is 0.711. The van der Waals surface area contributed by atoms with Crippen molar-refractivity contribution in [1.82, 2.24) is 15.0 Å². The second kappa shape index (κ2) is 5.15. The van der Waals surface area contributed by atoms with Crippen LogP contribution >= 0.6 is 0 Å². The molecule has 0 saturated carbocycles. The molecule has 0 unspecified atom stereocenters. The molecule has 21 heavy (non-hydrogen) atoms. The lowest BCUT2D eigenvalue weighted by Gasteiger charge is -2.22. The predicted molar refractivity (Wildman–Crippen MR) is 82.4 cm³/mol. The van der Waals surface area contributed by atoms with Crippen molar-refractivity contribution < 1.29 is 4.74 Å². The number of H-pyrrole nitrogens is 2. The van der Waals surface area contributed by atoms with Gasteiger partial charge in [-0.2, -0.15) is 0 Å². The topological polar surface area (TPSA) is 70.8 Å². The average Bonchev–Trinajstić information content (AvgIpc) is 3.02. The second-order valence-corrected chi connectivity index (χ2v) is 6.61. The van der Waals surface area contributed by atoms with Crippen molar-refractivity contribution in [2.24, 2.45) is 5.92 Å². The van der Waals surface area contributed by atoms with Gasteiger partial charge in [0, 0.05) is 23.6 Å². The van der Waals surface area contributed by atoms with Crippen LogP contribution in [0.2, 0.25) is 0 Å². The lowest BCUT2D eigenvalue weighted by Crippen LogP contribution is -2.22. The standard InChI is InChI=1S/C16H21N3O2/c1-16(2,3)21-8-10-4-5-11(6-10)12-7-17-14-13(12)18-9-19-15(14)20/h4-5,7,9-11,17H,6,8H2,1-3H3,(H,18,19,20)/t10-,11+/m1/s1. The Bertz CT molecular complexity index is 721. The number of hydrogen-bond donors (Lipinski definition) is 2. The highest BCUT2D eigenvalue weighted by molar-refractivity contribution is 5.78. The molecule has 3 rings (SSSR count). The third kappa shape index (κ3) is 2.93. The van der Waals surface area contributed by atoms with Gasteiger partial charge in [0.25, 0.3) is 5.56 Å². The Morgan fingerprint density at radius 1 is 1.33 bits per heavy atom. The molecule has 0 radical (unpaired) electrons. The van der Waals surface area contributed by atoms with Crippen LogP contribution in [-0.2, 0) is 4.74 Å². The zero-order valence-electron chi connectivity index (χ0n) is 12.6. The highest BCUT2D eigenvalue weighted by atomic mass is 16.5. The Morgan fingerprint density at radius 3 is 2.90 bits per heavy atom. The summed E-state index contributed by atoms with van der Waals surface area (Å²) in [5.41, 5.74) is 2.18. The first kappa shape index (κ1) is 14.1. The first-order chi connectivity index (χ1) is 9.94. The van der Waals surface area contributed by atoms with Gasteiger partial charge in [-0.3, -0.25) is 4.79 Å². The molecule has 2 N–H and O–H groups in total. The molecule has 0 aromatic carbocycles. The van der Waals surface area contributed by atoms with Gasteiger partial charge in [-0.05, 0) is 27.2 Å². The van der Waals surface area contributed by atoms with Gasteiger partial charge in [0.05, 0.1) is 24.1 Å². The van der Waals surface area contributed by atoms with Crippen molar-refractivity contribution in [3.63, 3.8) is 0 Å². The smallest absolute Gasteiger partial charge is 0.275 e. The number of aromatic nitrogens is 3. The third-order valence-corrected chi connectivity index (χ3v) is 3.80. The van der Waals surface area contributed by atoms with Crippen LogP contribution in [0, 0.1) is 5.92 Å². The van der Waals surface area contributed by atoms with Gasteiger partial charge in [-0.1, -0.05) is 12.2 Å². The van der Waals surface area contributed by atoms with E-state index in [0.717, 1.165) is 24.1 Å². The van der Waals surface area contributed by atoms with Crippen molar-refractivity contribution >= 4 is 11.0 Å². The molecule has 0 saturated heterocycles. The number of fused-ring (bicyclic) bond motifs is 1. The predicted octanol–water partition coefficient (Wildman–Crippen LogP) is 2.73. The van der Waals surface area contributed by atoms with Crippen LogP contribution in [0.15, 0.2) is 29.5 Å². The number of allylic oxidation sites excluding steroid dienone is 1. The zero-order valence-corrected chi connectivity index (χ0v) is 12.6. The van der Waals surface area contributed by atoms with Crippen LogP contribution in [0.25, 0.3) is 11.0 Å². The highest BCUT2D eigenvalue weighted by Gasteiger charge is 2.25. The van der Waals surface area contributed by atoms with Crippen molar-refractivity contribution in [2.45, 2.75) is 38.7 Å². The molecule has 0 amide bonds. The molecule has 2 aromatic heterocycles. The first-order valence-corrected chi connectivity index (χ1v) is 7.31. The van der Waals surface area contributed by atoms with Crippen LogP contribution in [0.3, 0.4) is 0 Å². The summed E-state index contributed by atoms with van der Waals surface area (Å²) in [6, 6.07) is 0. The fourth-order valence-electron chi connectivity index (χ4n) is 2.74. The van der Waals surface area contributed by atoms with E-state index >= 15 is 0 Å². The molecule has 1 aliphatic carbocycles. The monoisotopic (exact) mass is 287 g/mol. The minimum Gasteiger partial charge on any atom is -0.375 e. The SMILES string of the molecule is CC(C)(C)OC[C@@H]1C=C[C@H](c2c[nH]c3c(=O)[nH]cnc23)C1. The maximum atomic E-state index is 11.7. The van der Waals surface area contributed by atoms with E-state index in [1.165, 1.54) is 6.33 Å². The number of nitrogens with zero attached hydrogens (tertiary/aromatic N) is 1. The van der Waals surface area contributed by atoms with E-state index in [1.807, 2.05) is 6.20 Å². The summed E-state index contributed by atoms with van der Waals surface area (Å²) >= 11 is 0. The van der Waals surface area contributed by atoms with Gasteiger partial charge in [0.2, 0.25) is 0 Å². The van der Waals surface area contributed by atoms with Gasteiger partial charge in [0.1, 0.15) is 5.52 Å². The third-order valence-electron chi connectivity index (χ3n) is 3.80. The van der Waals surface area contributed by atoms with E-state index in [-0.39, 0.29) is 11.2 Å². The van der Waals surface area contributed by atoms with Crippen LogP contribution < -0.4 is 5.56 Å². The Labute approximate surface area is 123 Å². The van der Waals surface area contributed by atoms with E-state index in [2.05, 4.69) is 47.9 Å². The van der Waals surface area contributed by atoms with Gasteiger partial charge in [-0.25, -0.2) is 4.98 Å². The molecule has 0 fully saturated rings. The molecule has 5 heteroatoms. The number of rotatable bonds is 3. The molecule has 0 spiro atoms. The van der Waals surface area contributed by atoms with Gasteiger partial charge in [0.15, 0.2) is 0 Å². The Morgan fingerprint density at radius 2 is 2.14 bits per heavy atom. The number of aromatic amines is 2. The van der Waals surface area contributed by atoms with Crippen LogP contribution in [0.4, 0.5) is 0 Å². The summed E-state index contributed by atoms with van der Waals surface area (Å²) < 4.78 is 5.86. The summed E-state index contributed by atoms with van der Waals surface area (Å²) in [6.07, 6.45) is 8.76.